The Morgan fingerprint density at radius 2 is 2.22 bits per heavy atom. The van der Waals surface area contributed by atoms with Gasteiger partial charge in [-0.2, -0.15) is 0 Å². The van der Waals surface area contributed by atoms with Crippen molar-refractivity contribution < 1.29 is 4.79 Å². The van der Waals surface area contributed by atoms with Gasteiger partial charge in [-0.3, -0.25) is 4.79 Å². The van der Waals surface area contributed by atoms with Crippen LogP contribution in [0.2, 0.25) is 0 Å². The lowest BCUT2D eigenvalue weighted by Gasteiger charge is -2.29. The summed E-state index contributed by atoms with van der Waals surface area (Å²) in [4.78, 5) is 14.0. The third kappa shape index (κ3) is 2.81. The number of aryl methyl sites for hydroxylation is 1. The molecule has 96 valence electrons. The lowest BCUT2D eigenvalue weighted by molar-refractivity contribution is -0.128. The zero-order valence-electron chi connectivity index (χ0n) is 11.1. The van der Waals surface area contributed by atoms with Gasteiger partial charge < -0.3 is 4.90 Å². The largest absolute Gasteiger partial charge is 0.332 e. The molecule has 1 aromatic carbocycles. The first-order valence-corrected chi connectivity index (χ1v) is 6.72. The molecule has 1 saturated heterocycles. The molecule has 0 radical (unpaired) electrons. The Labute approximate surface area is 109 Å². The zero-order valence-corrected chi connectivity index (χ0v) is 11.1. The number of hydrogen-bond donors (Lipinski definition) is 0. The highest BCUT2D eigenvalue weighted by Crippen LogP contribution is 2.30. The Hall–Kier alpha value is -1.57. The predicted molar refractivity (Wildman–Crippen MR) is 74.3 cm³/mol. The maximum absolute atomic E-state index is 12.0. The molecule has 1 aromatic rings. The van der Waals surface area contributed by atoms with Gasteiger partial charge in [0.05, 0.1) is 6.04 Å². The first-order chi connectivity index (χ1) is 8.72. The maximum Gasteiger partial charge on any atom is 0.246 e. The van der Waals surface area contributed by atoms with E-state index < -0.39 is 0 Å². The summed E-state index contributed by atoms with van der Waals surface area (Å²) in [5.41, 5.74) is 2.51. The Morgan fingerprint density at radius 3 is 2.94 bits per heavy atom. The van der Waals surface area contributed by atoms with Gasteiger partial charge in [0, 0.05) is 6.54 Å². The Bertz CT molecular complexity index is 438. The van der Waals surface area contributed by atoms with Crippen molar-refractivity contribution in [3.05, 3.63) is 48.0 Å². The van der Waals surface area contributed by atoms with Gasteiger partial charge >= 0.3 is 0 Å². The van der Waals surface area contributed by atoms with Crippen LogP contribution in [0, 0.1) is 6.92 Å². The van der Waals surface area contributed by atoms with Crippen molar-refractivity contribution in [2.45, 2.75) is 38.6 Å². The van der Waals surface area contributed by atoms with Gasteiger partial charge in [0.1, 0.15) is 0 Å². The standard InChI is InChI=1S/C16H21NO/c1-3-16(18)17-11-6-4-5-10-15(17)14-9-7-8-13(2)12-14/h3,7-9,12,15H,1,4-6,10-11H2,2H3. The van der Waals surface area contributed by atoms with Crippen molar-refractivity contribution in [1.82, 2.24) is 4.90 Å². The van der Waals surface area contributed by atoms with Crippen LogP contribution in [0.3, 0.4) is 0 Å². The summed E-state index contributed by atoms with van der Waals surface area (Å²) in [7, 11) is 0. The molecule has 1 unspecified atom stereocenters. The maximum atomic E-state index is 12.0. The molecule has 0 aromatic heterocycles. The normalized spacial score (nSPS) is 20.3. The van der Waals surface area contributed by atoms with Crippen LogP contribution in [-0.4, -0.2) is 17.4 Å². The van der Waals surface area contributed by atoms with Crippen LogP contribution in [0.4, 0.5) is 0 Å². The lowest BCUT2D eigenvalue weighted by Crippen LogP contribution is -2.33. The number of hydrogen-bond acceptors (Lipinski definition) is 1. The van der Waals surface area contributed by atoms with Crippen LogP contribution in [0.25, 0.3) is 0 Å². The number of carbonyl (C=O) groups excluding carboxylic acids is 1. The third-order valence-electron chi connectivity index (χ3n) is 3.64. The molecule has 1 aliphatic heterocycles. The minimum absolute atomic E-state index is 0.0587. The van der Waals surface area contributed by atoms with Gasteiger partial charge in [0.15, 0.2) is 0 Å². The molecule has 1 aliphatic rings. The summed E-state index contributed by atoms with van der Waals surface area (Å²) in [5.74, 6) is 0.0587. The number of rotatable bonds is 2. The van der Waals surface area contributed by atoms with Crippen LogP contribution in [0.15, 0.2) is 36.9 Å². The Kier molecular flexibility index (Phi) is 4.19. The van der Waals surface area contributed by atoms with E-state index in [1.54, 1.807) is 0 Å². The number of benzene rings is 1. The van der Waals surface area contributed by atoms with Gasteiger partial charge in [-0.1, -0.05) is 49.2 Å². The van der Waals surface area contributed by atoms with Gasteiger partial charge in [-0.15, -0.1) is 0 Å². The van der Waals surface area contributed by atoms with Crippen LogP contribution in [0.5, 0.6) is 0 Å². The van der Waals surface area contributed by atoms with E-state index in [-0.39, 0.29) is 11.9 Å². The van der Waals surface area contributed by atoms with Gasteiger partial charge in [-0.05, 0) is 31.4 Å². The molecule has 0 saturated carbocycles. The zero-order chi connectivity index (χ0) is 13.0. The number of carbonyl (C=O) groups is 1. The summed E-state index contributed by atoms with van der Waals surface area (Å²) in [6.45, 7) is 6.57. The molecule has 0 aliphatic carbocycles. The topological polar surface area (TPSA) is 20.3 Å². The molecule has 1 amide bonds. The summed E-state index contributed by atoms with van der Waals surface area (Å²) >= 11 is 0. The fraction of sp³-hybridized carbons (Fsp3) is 0.438. The van der Waals surface area contributed by atoms with E-state index in [0.29, 0.717) is 0 Å². The smallest absolute Gasteiger partial charge is 0.246 e. The molecule has 0 bridgehead atoms. The molecule has 2 nitrogen and oxygen atoms in total. The molecule has 18 heavy (non-hydrogen) atoms. The van der Waals surface area contributed by atoms with Crippen molar-refractivity contribution >= 4 is 5.91 Å². The van der Waals surface area contributed by atoms with Crippen molar-refractivity contribution in [3.63, 3.8) is 0 Å². The number of likely N-dealkylation sites (tertiary alicyclic amines) is 1. The Balaban J connectivity index is 2.30. The first kappa shape index (κ1) is 12.9. The quantitative estimate of drug-likeness (QED) is 0.726. The van der Waals surface area contributed by atoms with Gasteiger partial charge in [0.2, 0.25) is 5.91 Å². The van der Waals surface area contributed by atoms with Gasteiger partial charge in [0.25, 0.3) is 0 Å². The van der Waals surface area contributed by atoms with Crippen molar-refractivity contribution in [3.8, 4) is 0 Å². The van der Waals surface area contributed by atoms with E-state index >= 15 is 0 Å². The van der Waals surface area contributed by atoms with Crippen LogP contribution >= 0.6 is 0 Å². The van der Waals surface area contributed by atoms with Crippen LogP contribution < -0.4 is 0 Å². The molecule has 2 rings (SSSR count). The van der Waals surface area contributed by atoms with Crippen LogP contribution in [0.1, 0.15) is 42.9 Å². The molecule has 1 fully saturated rings. The third-order valence-corrected chi connectivity index (χ3v) is 3.64. The molecular weight excluding hydrogens is 222 g/mol. The summed E-state index contributed by atoms with van der Waals surface area (Å²) in [6, 6.07) is 8.72. The highest BCUT2D eigenvalue weighted by Gasteiger charge is 2.25. The molecule has 1 atom stereocenters. The summed E-state index contributed by atoms with van der Waals surface area (Å²) in [6.07, 6.45) is 6.00. The fourth-order valence-corrected chi connectivity index (χ4v) is 2.71. The Morgan fingerprint density at radius 1 is 1.39 bits per heavy atom. The van der Waals surface area contributed by atoms with E-state index in [4.69, 9.17) is 0 Å². The van der Waals surface area contributed by atoms with Crippen molar-refractivity contribution in [1.29, 1.82) is 0 Å². The molecule has 0 N–H and O–H groups in total. The predicted octanol–water partition coefficient (Wildman–Crippen LogP) is 3.62. The van der Waals surface area contributed by atoms with Crippen molar-refractivity contribution in [2.75, 3.05) is 6.54 Å². The lowest BCUT2D eigenvalue weighted by atomic mass is 9.99. The average molecular weight is 243 g/mol. The fourth-order valence-electron chi connectivity index (χ4n) is 2.71. The second-order valence-electron chi connectivity index (χ2n) is 5.02. The summed E-state index contributed by atoms with van der Waals surface area (Å²) < 4.78 is 0. The van der Waals surface area contributed by atoms with Gasteiger partial charge in [-0.25, -0.2) is 0 Å². The highest BCUT2D eigenvalue weighted by molar-refractivity contribution is 5.87. The molecule has 1 heterocycles. The van der Waals surface area contributed by atoms with E-state index in [2.05, 4.69) is 37.8 Å². The second-order valence-corrected chi connectivity index (χ2v) is 5.02. The SMILES string of the molecule is C=CC(=O)N1CCCCCC1c1cccc(C)c1. The minimum atomic E-state index is 0.0587. The first-order valence-electron chi connectivity index (χ1n) is 6.72. The van der Waals surface area contributed by atoms with E-state index in [1.165, 1.54) is 30.0 Å². The monoisotopic (exact) mass is 243 g/mol. The summed E-state index contributed by atoms with van der Waals surface area (Å²) in [5, 5.41) is 0. The average Bonchev–Trinajstić information content (AvgIpc) is 2.63. The van der Waals surface area contributed by atoms with E-state index in [1.807, 2.05) is 4.90 Å². The second kappa shape index (κ2) is 5.85. The van der Waals surface area contributed by atoms with E-state index in [0.717, 1.165) is 19.4 Å². The molecule has 0 spiro atoms. The van der Waals surface area contributed by atoms with Crippen molar-refractivity contribution in [2.24, 2.45) is 0 Å². The molecular formula is C16H21NO. The van der Waals surface area contributed by atoms with E-state index in [9.17, 15) is 4.79 Å². The van der Waals surface area contributed by atoms with Crippen LogP contribution in [-0.2, 0) is 4.79 Å². The highest BCUT2D eigenvalue weighted by atomic mass is 16.2. The number of nitrogens with zero attached hydrogens (tertiary/aromatic N) is 1. The number of amides is 1. The minimum Gasteiger partial charge on any atom is -0.332 e. The molecule has 2 heteroatoms.